The van der Waals surface area contributed by atoms with Crippen LogP contribution in [0.2, 0.25) is 5.02 Å². The quantitative estimate of drug-likeness (QED) is 0.807. The van der Waals surface area contributed by atoms with E-state index in [0.29, 0.717) is 11.8 Å². The molecule has 0 amide bonds. The minimum atomic E-state index is 0.631. The third-order valence-electron chi connectivity index (χ3n) is 2.90. The highest BCUT2D eigenvalue weighted by molar-refractivity contribution is 6.33. The molecular weight excluding hydrogens is 256 g/mol. The van der Waals surface area contributed by atoms with Crippen molar-refractivity contribution in [3.63, 3.8) is 0 Å². The SMILES string of the molecule is CNCc1ccc(N(CC(C)C)CC(C)C)c(Cl)c1. The first kappa shape index (κ1) is 16.3. The summed E-state index contributed by atoms with van der Waals surface area (Å²) < 4.78 is 0. The van der Waals surface area contributed by atoms with Gasteiger partial charge in [0.1, 0.15) is 0 Å². The number of benzene rings is 1. The van der Waals surface area contributed by atoms with Gasteiger partial charge in [-0.2, -0.15) is 0 Å². The molecule has 0 aliphatic heterocycles. The number of rotatable bonds is 7. The van der Waals surface area contributed by atoms with Gasteiger partial charge in [-0.15, -0.1) is 0 Å². The second-order valence-electron chi connectivity index (χ2n) is 6.01. The molecule has 2 nitrogen and oxygen atoms in total. The van der Waals surface area contributed by atoms with Crippen molar-refractivity contribution >= 4 is 17.3 Å². The molecule has 0 saturated heterocycles. The van der Waals surface area contributed by atoms with Crippen LogP contribution in [0.5, 0.6) is 0 Å². The van der Waals surface area contributed by atoms with Crippen molar-refractivity contribution in [2.24, 2.45) is 11.8 Å². The monoisotopic (exact) mass is 282 g/mol. The Morgan fingerprint density at radius 2 is 1.68 bits per heavy atom. The van der Waals surface area contributed by atoms with E-state index in [2.05, 4.69) is 56.1 Å². The number of anilines is 1. The zero-order valence-corrected chi connectivity index (χ0v) is 13.6. The summed E-state index contributed by atoms with van der Waals surface area (Å²) >= 11 is 6.46. The number of hydrogen-bond donors (Lipinski definition) is 1. The zero-order valence-electron chi connectivity index (χ0n) is 12.8. The first-order valence-electron chi connectivity index (χ1n) is 7.12. The highest BCUT2D eigenvalue weighted by atomic mass is 35.5. The largest absolute Gasteiger partial charge is 0.370 e. The molecule has 0 saturated carbocycles. The average Bonchev–Trinajstić information content (AvgIpc) is 2.27. The van der Waals surface area contributed by atoms with E-state index in [1.165, 1.54) is 5.56 Å². The van der Waals surface area contributed by atoms with E-state index < -0.39 is 0 Å². The van der Waals surface area contributed by atoms with Gasteiger partial charge in [0.15, 0.2) is 0 Å². The number of nitrogens with one attached hydrogen (secondary N) is 1. The van der Waals surface area contributed by atoms with Crippen LogP contribution in [-0.4, -0.2) is 20.1 Å². The molecular formula is C16H27ClN2. The van der Waals surface area contributed by atoms with Gasteiger partial charge in [0, 0.05) is 19.6 Å². The van der Waals surface area contributed by atoms with Crippen molar-refractivity contribution in [2.75, 3.05) is 25.0 Å². The minimum absolute atomic E-state index is 0.631. The molecule has 0 fully saturated rings. The number of halogens is 1. The summed E-state index contributed by atoms with van der Waals surface area (Å²) in [7, 11) is 1.95. The molecule has 0 heterocycles. The lowest BCUT2D eigenvalue weighted by atomic mass is 10.1. The van der Waals surface area contributed by atoms with E-state index in [0.717, 1.165) is 30.3 Å². The maximum Gasteiger partial charge on any atom is 0.0642 e. The zero-order chi connectivity index (χ0) is 14.4. The molecule has 0 unspecified atom stereocenters. The summed E-state index contributed by atoms with van der Waals surface area (Å²) in [6, 6.07) is 6.38. The fraction of sp³-hybridized carbons (Fsp3) is 0.625. The molecule has 1 rings (SSSR count). The van der Waals surface area contributed by atoms with Crippen LogP contribution in [0.1, 0.15) is 33.3 Å². The van der Waals surface area contributed by atoms with Gasteiger partial charge in [-0.1, -0.05) is 45.4 Å². The van der Waals surface area contributed by atoms with Crippen molar-refractivity contribution in [3.05, 3.63) is 28.8 Å². The summed E-state index contributed by atoms with van der Waals surface area (Å²) in [6.45, 7) is 11.9. The lowest BCUT2D eigenvalue weighted by Gasteiger charge is -2.29. The third-order valence-corrected chi connectivity index (χ3v) is 3.21. The summed E-state index contributed by atoms with van der Waals surface area (Å²) in [5.41, 5.74) is 2.38. The predicted octanol–water partition coefficient (Wildman–Crippen LogP) is 4.18. The molecule has 0 aliphatic carbocycles. The van der Waals surface area contributed by atoms with Gasteiger partial charge in [0.25, 0.3) is 0 Å². The van der Waals surface area contributed by atoms with Gasteiger partial charge in [-0.25, -0.2) is 0 Å². The van der Waals surface area contributed by atoms with Crippen LogP contribution in [0.3, 0.4) is 0 Å². The van der Waals surface area contributed by atoms with Gasteiger partial charge >= 0.3 is 0 Å². The standard InChI is InChI=1S/C16H27ClN2/c1-12(2)10-19(11-13(3)4)16-7-6-14(9-18-5)8-15(16)17/h6-8,12-13,18H,9-11H2,1-5H3. The summed E-state index contributed by atoms with van der Waals surface area (Å²) in [5.74, 6) is 1.26. The first-order chi connectivity index (χ1) is 8.93. The third kappa shape index (κ3) is 5.42. The van der Waals surface area contributed by atoms with Crippen LogP contribution in [0, 0.1) is 11.8 Å². The topological polar surface area (TPSA) is 15.3 Å². The highest BCUT2D eigenvalue weighted by Crippen LogP contribution is 2.28. The molecule has 108 valence electrons. The second-order valence-corrected chi connectivity index (χ2v) is 6.42. The Kier molecular flexibility index (Phi) is 6.67. The van der Waals surface area contributed by atoms with E-state index in [4.69, 9.17) is 11.6 Å². The smallest absolute Gasteiger partial charge is 0.0642 e. The van der Waals surface area contributed by atoms with Crippen LogP contribution >= 0.6 is 11.6 Å². The first-order valence-corrected chi connectivity index (χ1v) is 7.49. The molecule has 1 aromatic carbocycles. The van der Waals surface area contributed by atoms with E-state index in [9.17, 15) is 0 Å². The van der Waals surface area contributed by atoms with Crippen LogP contribution < -0.4 is 10.2 Å². The van der Waals surface area contributed by atoms with Crippen molar-refractivity contribution in [1.29, 1.82) is 0 Å². The van der Waals surface area contributed by atoms with Crippen LogP contribution in [-0.2, 0) is 6.54 Å². The fourth-order valence-electron chi connectivity index (χ4n) is 2.27. The normalized spacial score (nSPS) is 11.4. The predicted molar refractivity (Wildman–Crippen MR) is 86.1 cm³/mol. The summed E-state index contributed by atoms with van der Waals surface area (Å²) in [4.78, 5) is 2.40. The molecule has 0 bridgehead atoms. The van der Waals surface area contributed by atoms with Gasteiger partial charge < -0.3 is 10.2 Å². The lowest BCUT2D eigenvalue weighted by Crippen LogP contribution is -2.31. The van der Waals surface area contributed by atoms with E-state index in [-0.39, 0.29) is 0 Å². The maximum atomic E-state index is 6.46. The Hall–Kier alpha value is -0.730. The molecule has 1 aromatic rings. The van der Waals surface area contributed by atoms with Crippen LogP contribution in [0.15, 0.2) is 18.2 Å². The Labute approximate surface area is 123 Å². The maximum absolute atomic E-state index is 6.46. The minimum Gasteiger partial charge on any atom is -0.370 e. The molecule has 0 atom stereocenters. The number of nitrogens with zero attached hydrogens (tertiary/aromatic N) is 1. The van der Waals surface area contributed by atoms with E-state index in [1.54, 1.807) is 0 Å². The molecule has 0 aromatic heterocycles. The van der Waals surface area contributed by atoms with Gasteiger partial charge in [-0.05, 0) is 36.6 Å². The Bertz CT molecular complexity index is 378. The molecule has 19 heavy (non-hydrogen) atoms. The second kappa shape index (κ2) is 7.76. The van der Waals surface area contributed by atoms with Crippen molar-refractivity contribution < 1.29 is 0 Å². The highest BCUT2D eigenvalue weighted by Gasteiger charge is 2.13. The number of hydrogen-bond acceptors (Lipinski definition) is 2. The summed E-state index contributed by atoms with van der Waals surface area (Å²) in [5, 5.41) is 4.01. The van der Waals surface area contributed by atoms with Crippen molar-refractivity contribution in [2.45, 2.75) is 34.2 Å². The van der Waals surface area contributed by atoms with Crippen LogP contribution in [0.4, 0.5) is 5.69 Å². The van der Waals surface area contributed by atoms with Crippen molar-refractivity contribution in [3.8, 4) is 0 Å². The Balaban J connectivity index is 2.94. The Morgan fingerprint density at radius 3 is 2.11 bits per heavy atom. The fourth-order valence-corrected chi connectivity index (χ4v) is 2.60. The Morgan fingerprint density at radius 1 is 1.11 bits per heavy atom. The molecule has 0 radical (unpaired) electrons. The van der Waals surface area contributed by atoms with E-state index >= 15 is 0 Å². The molecule has 3 heteroatoms. The molecule has 1 N–H and O–H groups in total. The van der Waals surface area contributed by atoms with Crippen molar-refractivity contribution in [1.82, 2.24) is 5.32 Å². The van der Waals surface area contributed by atoms with Gasteiger partial charge in [0.05, 0.1) is 10.7 Å². The molecule has 0 aliphatic rings. The summed E-state index contributed by atoms with van der Waals surface area (Å²) in [6.07, 6.45) is 0. The van der Waals surface area contributed by atoms with Gasteiger partial charge in [0.2, 0.25) is 0 Å². The van der Waals surface area contributed by atoms with Gasteiger partial charge in [-0.3, -0.25) is 0 Å². The molecule has 0 spiro atoms. The average molecular weight is 283 g/mol. The lowest BCUT2D eigenvalue weighted by molar-refractivity contribution is 0.553. The van der Waals surface area contributed by atoms with Crippen LogP contribution in [0.25, 0.3) is 0 Å². The van der Waals surface area contributed by atoms with E-state index in [1.807, 2.05) is 7.05 Å².